The summed E-state index contributed by atoms with van der Waals surface area (Å²) in [5, 5.41) is 22.7. The third-order valence-corrected chi connectivity index (χ3v) is 5.41. The van der Waals surface area contributed by atoms with E-state index in [1.54, 1.807) is 36.9 Å². The molecule has 0 saturated carbocycles. The van der Waals surface area contributed by atoms with Gasteiger partial charge in [0.1, 0.15) is 11.5 Å². The highest BCUT2D eigenvalue weighted by Gasteiger charge is 1.95. The molecular formula is C32H26N2O2. The molecule has 0 unspecified atom stereocenters. The SMILES string of the molecule is C(=C\c1ccncc1)/c1ccncc1.Oc1cccc2ccccc12.Oc1cccc2ccccc12. The normalized spacial score (nSPS) is 10.3. The summed E-state index contributed by atoms with van der Waals surface area (Å²) < 4.78 is 0. The smallest absolute Gasteiger partial charge is 0.123 e. The highest BCUT2D eigenvalue weighted by atomic mass is 16.3. The van der Waals surface area contributed by atoms with Crippen LogP contribution in [0.2, 0.25) is 0 Å². The number of rotatable bonds is 2. The molecule has 6 rings (SSSR count). The molecule has 0 aliphatic heterocycles. The Morgan fingerprint density at radius 2 is 0.778 bits per heavy atom. The van der Waals surface area contributed by atoms with Gasteiger partial charge in [-0.3, -0.25) is 9.97 Å². The summed E-state index contributed by atoms with van der Waals surface area (Å²) in [6.45, 7) is 0. The number of benzene rings is 4. The van der Waals surface area contributed by atoms with Crippen LogP contribution in [0.4, 0.5) is 0 Å². The maximum atomic E-state index is 9.37. The van der Waals surface area contributed by atoms with E-state index >= 15 is 0 Å². The summed E-state index contributed by atoms with van der Waals surface area (Å²) in [6.07, 6.45) is 11.2. The lowest BCUT2D eigenvalue weighted by Gasteiger charge is -1.97. The molecule has 4 heteroatoms. The zero-order valence-corrected chi connectivity index (χ0v) is 19.6. The highest BCUT2D eigenvalue weighted by molar-refractivity contribution is 5.88. The zero-order valence-electron chi connectivity index (χ0n) is 19.6. The Kier molecular flexibility index (Phi) is 8.39. The first-order valence-electron chi connectivity index (χ1n) is 11.5. The van der Waals surface area contributed by atoms with Gasteiger partial charge in [0.05, 0.1) is 0 Å². The van der Waals surface area contributed by atoms with Crippen LogP contribution in [0.5, 0.6) is 11.5 Å². The molecule has 0 fully saturated rings. The number of nitrogens with zero attached hydrogens (tertiary/aromatic N) is 2. The lowest BCUT2D eigenvalue weighted by molar-refractivity contribution is 0.481. The summed E-state index contributed by atoms with van der Waals surface area (Å²) in [6, 6.07) is 34.5. The number of fused-ring (bicyclic) bond motifs is 2. The van der Waals surface area contributed by atoms with E-state index in [4.69, 9.17) is 0 Å². The largest absolute Gasteiger partial charge is 0.507 e. The Balaban J connectivity index is 0.000000128. The quantitative estimate of drug-likeness (QED) is 0.272. The van der Waals surface area contributed by atoms with Gasteiger partial charge in [-0.1, -0.05) is 84.9 Å². The maximum absolute atomic E-state index is 9.37. The minimum Gasteiger partial charge on any atom is -0.507 e. The molecule has 0 spiro atoms. The van der Waals surface area contributed by atoms with Crippen molar-refractivity contribution in [3.05, 3.63) is 145 Å². The molecule has 2 N–H and O–H groups in total. The van der Waals surface area contributed by atoms with Gasteiger partial charge in [-0.05, 0) is 58.3 Å². The van der Waals surface area contributed by atoms with E-state index in [-0.39, 0.29) is 0 Å². The van der Waals surface area contributed by atoms with Gasteiger partial charge in [0.15, 0.2) is 0 Å². The number of phenolic OH excluding ortho intramolecular Hbond substituents is 2. The minimum absolute atomic E-state index is 0.350. The van der Waals surface area contributed by atoms with E-state index in [0.29, 0.717) is 11.5 Å². The summed E-state index contributed by atoms with van der Waals surface area (Å²) in [7, 11) is 0. The fraction of sp³-hybridized carbons (Fsp3) is 0. The van der Waals surface area contributed by atoms with Crippen molar-refractivity contribution in [1.29, 1.82) is 0 Å². The monoisotopic (exact) mass is 470 g/mol. The number of hydrogen-bond donors (Lipinski definition) is 2. The average molecular weight is 471 g/mol. The summed E-state index contributed by atoms with van der Waals surface area (Å²) >= 11 is 0. The van der Waals surface area contributed by atoms with E-state index in [1.807, 2.05) is 97.1 Å². The van der Waals surface area contributed by atoms with Crippen molar-refractivity contribution in [3.8, 4) is 11.5 Å². The van der Waals surface area contributed by atoms with Gasteiger partial charge >= 0.3 is 0 Å². The molecule has 0 bridgehead atoms. The van der Waals surface area contributed by atoms with E-state index in [1.165, 1.54) is 0 Å². The Hall–Kier alpha value is -4.96. The van der Waals surface area contributed by atoms with E-state index in [9.17, 15) is 10.2 Å². The van der Waals surface area contributed by atoms with Gasteiger partial charge in [0.2, 0.25) is 0 Å². The molecule has 6 aromatic rings. The summed E-state index contributed by atoms with van der Waals surface area (Å²) in [5.74, 6) is 0.700. The molecule has 0 atom stereocenters. The van der Waals surface area contributed by atoms with Crippen LogP contribution in [-0.4, -0.2) is 20.2 Å². The van der Waals surface area contributed by atoms with Crippen molar-refractivity contribution in [2.75, 3.05) is 0 Å². The number of phenols is 2. The molecule has 0 amide bonds. The fourth-order valence-electron chi connectivity index (χ4n) is 3.56. The number of aromatic hydroxyl groups is 2. The van der Waals surface area contributed by atoms with Crippen molar-refractivity contribution >= 4 is 33.7 Å². The highest BCUT2D eigenvalue weighted by Crippen LogP contribution is 2.23. The fourth-order valence-corrected chi connectivity index (χ4v) is 3.56. The van der Waals surface area contributed by atoms with Crippen LogP contribution in [0.15, 0.2) is 134 Å². The first-order valence-corrected chi connectivity index (χ1v) is 11.5. The Bertz CT molecular complexity index is 1420. The minimum atomic E-state index is 0.350. The van der Waals surface area contributed by atoms with Crippen LogP contribution in [-0.2, 0) is 0 Å². The summed E-state index contributed by atoms with van der Waals surface area (Å²) in [4.78, 5) is 7.91. The van der Waals surface area contributed by atoms with Crippen molar-refractivity contribution in [1.82, 2.24) is 9.97 Å². The molecule has 176 valence electrons. The second kappa shape index (κ2) is 12.5. The third-order valence-electron chi connectivity index (χ3n) is 5.41. The van der Waals surface area contributed by atoms with Crippen LogP contribution < -0.4 is 0 Å². The van der Waals surface area contributed by atoms with Crippen molar-refractivity contribution in [2.45, 2.75) is 0 Å². The standard InChI is InChI=1S/C12H10N2.2C10H8O/c1(11-3-7-13-8-4-11)2-12-5-9-14-10-6-12;2*11-10-7-3-5-8-4-1-2-6-9(8)10/h1-10H;2*1-7,11H/b2-1+;;. The first-order chi connectivity index (χ1) is 17.7. The molecule has 2 aromatic heterocycles. The van der Waals surface area contributed by atoms with E-state index in [2.05, 4.69) is 22.1 Å². The van der Waals surface area contributed by atoms with Crippen LogP contribution in [0.1, 0.15) is 11.1 Å². The van der Waals surface area contributed by atoms with Gasteiger partial charge in [-0.15, -0.1) is 0 Å². The molecule has 4 nitrogen and oxygen atoms in total. The molecule has 0 saturated heterocycles. The third kappa shape index (κ3) is 6.78. The molecule has 2 heterocycles. The van der Waals surface area contributed by atoms with Crippen LogP contribution in [0.3, 0.4) is 0 Å². The van der Waals surface area contributed by atoms with Crippen molar-refractivity contribution in [2.24, 2.45) is 0 Å². The molecule has 4 aromatic carbocycles. The topological polar surface area (TPSA) is 66.2 Å². The molecule has 0 aliphatic rings. The molecule has 0 aliphatic carbocycles. The second-order valence-electron chi connectivity index (χ2n) is 7.89. The zero-order chi connectivity index (χ0) is 25.0. The second-order valence-corrected chi connectivity index (χ2v) is 7.89. The lowest BCUT2D eigenvalue weighted by Crippen LogP contribution is -1.74. The number of pyridine rings is 2. The number of hydrogen-bond acceptors (Lipinski definition) is 4. The first kappa shape index (κ1) is 24.2. The lowest BCUT2D eigenvalue weighted by atomic mass is 10.1. The summed E-state index contributed by atoms with van der Waals surface area (Å²) in [5.41, 5.74) is 2.30. The molecule has 0 radical (unpaired) electrons. The predicted octanol–water partition coefficient (Wildman–Crippen LogP) is 7.74. The van der Waals surface area contributed by atoms with Gasteiger partial charge in [0.25, 0.3) is 0 Å². The van der Waals surface area contributed by atoms with E-state index in [0.717, 1.165) is 32.7 Å². The molecule has 36 heavy (non-hydrogen) atoms. The van der Waals surface area contributed by atoms with E-state index < -0.39 is 0 Å². The Morgan fingerprint density at radius 3 is 1.17 bits per heavy atom. The average Bonchev–Trinajstić information content (AvgIpc) is 2.94. The van der Waals surface area contributed by atoms with Gasteiger partial charge in [-0.2, -0.15) is 0 Å². The predicted molar refractivity (Wildman–Crippen MR) is 149 cm³/mol. The van der Waals surface area contributed by atoms with Crippen LogP contribution in [0, 0.1) is 0 Å². The van der Waals surface area contributed by atoms with Crippen molar-refractivity contribution in [3.63, 3.8) is 0 Å². The van der Waals surface area contributed by atoms with Gasteiger partial charge in [0, 0.05) is 35.6 Å². The Labute approximate surface area is 210 Å². The van der Waals surface area contributed by atoms with Gasteiger partial charge in [-0.25, -0.2) is 0 Å². The number of aromatic nitrogens is 2. The Morgan fingerprint density at radius 1 is 0.417 bits per heavy atom. The van der Waals surface area contributed by atoms with Crippen LogP contribution in [0.25, 0.3) is 33.7 Å². The van der Waals surface area contributed by atoms with Crippen molar-refractivity contribution < 1.29 is 10.2 Å². The van der Waals surface area contributed by atoms with Gasteiger partial charge < -0.3 is 10.2 Å². The van der Waals surface area contributed by atoms with Crippen LogP contribution >= 0.6 is 0 Å². The molecular weight excluding hydrogens is 444 g/mol. The maximum Gasteiger partial charge on any atom is 0.123 e.